The van der Waals surface area contributed by atoms with Gasteiger partial charge in [-0.05, 0) is 25.8 Å². The molecule has 0 radical (unpaired) electrons. The molecule has 0 bridgehead atoms. The Hall–Kier alpha value is -1.15. The zero-order valence-corrected chi connectivity index (χ0v) is 13.9. The van der Waals surface area contributed by atoms with Crippen LogP contribution in [0.4, 0.5) is 0 Å². The first-order valence-corrected chi connectivity index (χ1v) is 8.22. The van der Waals surface area contributed by atoms with E-state index < -0.39 is 0 Å². The monoisotopic (exact) mass is 287 g/mol. The van der Waals surface area contributed by atoms with E-state index in [-0.39, 0.29) is 11.2 Å². The number of carbonyl (C=O) groups is 1. The molecular formula is C19H29NO. The zero-order chi connectivity index (χ0) is 15.5. The highest BCUT2D eigenvalue weighted by molar-refractivity contribution is 6.00. The van der Waals surface area contributed by atoms with Crippen molar-refractivity contribution in [1.29, 1.82) is 0 Å². The van der Waals surface area contributed by atoms with E-state index in [4.69, 9.17) is 0 Å². The number of ketones is 1. The molecule has 0 saturated heterocycles. The Bertz CT molecular complexity index is 466. The van der Waals surface area contributed by atoms with Gasteiger partial charge in [0, 0.05) is 23.6 Å². The predicted molar refractivity (Wildman–Crippen MR) is 88.6 cm³/mol. The van der Waals surface area contributed by atoms with Crippen molar-refractivity contribution in [1.82, 2.24) is 4.90 Å². The molecule has 1 aliphatic rings. The summed E-state index contributed by atoms with van der Waals surface area (Å²) in [5.41, 5.74) is 0.486. The van der Waals surface area contributed by atoms with Crippen molar-refractivity contribution in [3.05, 3.63) is 35.9 Å². The van der Waals surface area contributed by atoms with Gasteiger partial charge in [0.2, 0.25) is 0 Å². The third-order valence-electron chi connectivity index (χ3n) is 4.93. The highest BCUT2D eigenvalue weighted by atomic mass is 16.1. The molecule has 0 amide bonds. The van der Waals surface area contributed by atoms with Crippen LogP contribution in [0.5, 0.6) is 0 Å². The van der Waals surface area contributed by atoms with Gasteiger partial charge in [-0.1, -0.05) is 63.9 Å². The number of hydrogen-bond donors (Lipinski definition) is 0. The molecule has 0 aromatic heterocycles. The molecule has 0 spiro atoms. The van der Waals surface area contributed by atoms with Crippen LogP contribution in [0.25, 0.3) is 0 Å². The van der Waals surface area contributed by atoms with Crippen LogP contribution in [0.15, 0.2) is 30.3 Å². The standard InChI is InChI=1S/C19H29NO/c1-15-10-8-9-13-17(15)20(4)14-19(2,3)18(21)16-11-6-5-7-12-16/h5-7,11-12,15,17H,8-10,13-14H2,1-4H3. The SMILES string of the molecule is CC1CCCCC1N(C)CC(C)(C)C(=O)c1ccccc1. The van der Waals surface area contributed by atoms with E-state index >= 15 is 0 Å². The molecule has 116 valence electrons. The van der Waals surface area contributed by atoms with E-state index in [9.17, 15) is 4.79 Å². The maximum atomic E-state index is 12.7. The van der Waals surface area contributed by atoms with Crippen molar-refractivity contribution >= 4 is 5.78 Å². The van der Waals surface area contributed by atoms with Gasteiger partial charge >= 0.3 is 0 Å². The quantitative estimate of drug-likeness (QED) is 0.748. The van der Waals surface area contributed by atoms with E-state index in [1.54, 1.807) is 0 Å². The first-order valence-electron chi connectivity index (χ1n) is 8.22. The number of benzene rings is 1. The van der Waals surface area contributed by atoms with Crippen molar-refractivity contribution in [3.8, 4) is 0 Å². The normalized spacial score (nSPS) is 23.3. The largest absolute Gasteiger partial charge is 0.302 e. The molecule has 0 N–H and O–H groups in total. The third-order valence-corrected chi connectivity index (χ3v) is 4.93. The van der Waals surface area contributed by atoms with E-state index in [0.29, 0.717) is 6.04 Å². The number of Topliss-reactive ketones (excluding diaryl/α,β-unsaturated/α-hetero) is 1. The smallest absolute Gasteiger partial charge is 0.169 e. The lowest BCUT2D eigenvalue weighted by molar-refractivity contribution is 0.0661. The number of rotatable bonds is 5. The lowest BCUT2D eigenvalue weighted by Gasteiger charge is -2.39. The van der Waals surface area contributed by atoms with Crippen molar-refractivity contribution in [2.24, 2.45) is 11.3 Å². The summed E-state index contributed by atoms with van der Waals surface area (Å²) in [4.78, 5) is 15.2. The lowest BCUT2D eigenvalue weighted by Crippen LogP contribution is -2.45. The van der Waals surface area contributed by atoms with Crippen LogP contribution in [0.1, 0.15) is 56.8 Å². The maximum Gasteiger partial charge on any atom is 0.169 e. The van der Waals surface area contributed by atoms with Crippen LogP contribution in [-0.2, 0) is 0 Å². The summed E-state index contributed by atoms with van der Waals surface area (Å²) in [5.74, 6) is 0.991. The Labute approximate surface area is 129 Å². The zero-order valence-electron chi connectivity index (χ0n) is 13.9. The molecule has 2 rings (SSSR count). The summed E-state index contributed by atoms with van der Waals surface area (Å²) in [6.45, 7) is 7.33. The van der Waals surface area contributed by atoms with Gasteiger partial charge in [-0.2, -0.15) is 0 Å². The van der Waals surface area contributed by atoms with Crippen LogP contribution in [0, 0.1) is 11.3 Å². The van der Waals surface area contributed by atoms with E-state index in [1.165, 1.54) is 25.7 Å². The fraction of sp³-hybridized carbons (Fsp3) is 0.632. The van der Waals surface area contributed by atoms with Crippen molar-refractivity contribution in [3.63, 3.8) is 0 Å². The van der Waals surface area contributed by atoms with Gasteiger partial charge in [-0.25, -0.2) is 0 Å². The molecule has 0 aliphatic heterocycles. The maximum absolute atomic E-state index is 12.7. The lowest BCUT2D eigenvalue weighted by atomic mass is 9.81. The second kappa shape index (κ2) is 6.74. The van der Waals surface area contributed by atoms with Gasteiger partial charge in [0.05, 0.1) is 0 Å². The average Bonchev–Trinajstić information content (AvgIpc) is 2.47. The minimum atomic E-state index is -0.340. The highest BCUT2D eigenvalue weighted by Crippen LogP contribution is 2.30. The number of hydrogen-bond acceptors (Lipinski definition) is 2. The second-order valence-electron chi connectivity index (χ2n) is 7.32. The van der Waals surface area contributed by atoms with Gasteiger partial charge in [-0.15, -0.1) is 0 Å². The molecule has 1 fully saturated rings. The topological polar surface area (TPSA) is 20.3 Å². The molecule has 1 aromatic rings. The summed E-state index contributed by atoms with van der Waals surface area (Å²) >= 11 is 0. The van der Waals surface area contributed by atoms with Crippen LogP contribution in [-0.4, -0.2) is 30.3 Å². The first-order chi connectivity index (χ1) is 9.92. The molecule has 2 nitrogen and oxygen atoms in total. The summed E-state index contributed by atoms with van der Waals surface area (Å²) in [5, 5.41) is 0. The molecule has 1 aliphatic carbocycles. The summed E-state index contributed by atoms with van der Waals surface area (Å²) in [6.07, 6.45) is 5.28. The summed E-state index contributed by atoms with van der Waals surface area (Å²) in [6, 6.07) is 10.3. The average molecular weight is 287 g/mol. The first kappa shape index (κ1) is 16.2. The van der Waals surface area contributed by atoms with Crippen LogP contribution in [0.3, 0.4) is 0 Å². The van der Waals surface area contributed by atoms with Crippen LogP contribution >= 0.6 is 0 Å². The van der Waals surface area contributed by atoms with Crippen molar-refractivity contribution < 1.29 is 4.79 Å². The Morgan fingerprint density at radius 3 is 2.43 bits per heavy atom. The third kappa shape index (κ3) is 3.94. The highest BCUT2D eigenvalue weighted by Gasteiger charge is 2.33. The number of nitrogens with zero attached hydrogens (tertiary/aromatic N) is 1. The fourth-order valence-electron chi connectivity index (χ4n) is 3.74. The van der Waals surface area contributed by atoms with E-state index in [0.717, 1.165) is 18.0 Å². The molecule has 0 heterocycles. The Balaban J connectivity index is 2.04. The molecule has 2 unspecified atom stereocenters. The Morgan fingerprint density at radius 1 is 1.19 bits per heavy atom. The summed E-state index contributed by atoms with van der Waals surface area (Å²) < 4.78 is 0. The molecular weight excluding hydrogens is 258 g/mol. The second-order valence-corrected chi connectivity index (χ2v) is 7.32. The van der Waals surface area contributed by atoms with E-state index in [1.807, 2.05) is 30.3 Å². The van der Waals surface area contributed by atoms with Crippen LogP contribution < -0.4 is 0 Å². The van der Waals surface area contributed by atoms with Crippen molar-refractivity contribution in [2.45, 2.75) is 52.5 Å². The minimum absolute atomic E-state index is 0.249. The predicted octanol–water partition coefficient (Wildman–Crippen LogP) is 4.41. The van der Waals surface area contributed by atoms with Crippen LogP contribution in [0.2, 0.25) is 0 Å². The number of carbonyl (C=O) groups excluding carboxylic acids is 1. The van der Waals surface area contributed by atoms with E-state index in [2.05, 4.69) is 32.7 Å². The Kier molecular flexibility index (Phi) is 5.21. The van der Waals surface area contributed by atoms with Crippen molar-refractivity contribution in [2.75, 3.05) is 13.6 Å². The molecule has 2 heteroatoms. The summed E-state index contributed by atoms with van der Waals surface area (Å²) in [7, 11) is 2.19. The fourth-order valence-corrected chi connectivity index (χ4v) is 3.74. The van der Waals surface area contributed by atoms with Gasteiger partial charge in [0.1, 0.15) is 0 Å². The molecule has 2 atom stereocenters. The molecule has 1 saturated carbocycles. The van der Waals surface area contributed by atoms with Gasteiger partial charge in [0.25, 0.3) is 0 Å². The van der Waals surface area contributed by atoms with Gasteiger partial charge in [0.15, 0.2) is 5.78 Å². The van der Waals surface area contributed by atoms with Gasteiger partial charge < -0.3 is 4.90 Å². The Morgan fingerprint density at radius 2 is 1.81 bits per heavy atom. The minimum Gasteiger partial charge on any atom is -0.302 e. The molecule has 1 aromatic carbocycles. The molecule has 21 heavy (non-hydrogen) atoms. The van der Waals surface area contributed by atoms with Gasteiger partial charge in [-0.3, -0.25) is 4.79 Å².